The quantitative estimate of drug-likeness (QED) is 0.333. The van der Waals surface area contributed by atoms with Gasteiger partial charge in [0.15, 0.2) is 15.8 Å². The van der Waals surface area contributed by atoms with Gasteiger partial charge in [-0.25, -0.2) is 8.42 Å². The Morgan fingerprint density at radius 1 is 1.37 bits per heavy atom. The van der Waals surface area contributed by atoms with Gasteiger partial charge < -0.3 is 15.5 Å². The number of benzene rings is 1. The number of halogens is 2. The molecule has 0 radical (unpaired) electrons. The largest absolute Gasteiger partial charge is 0.356 e. The summed E-state index contributed by atoms with van der Waals surface area (Å²) in [6.45, 7) is 0.996. The zero-order valence-corrected chi connectivity index (χ0v) is 19.3. The van der Waals surface area contributed by atoms with Crippen LogP contribution in [0.4, 0.5) is 0 Å². The van der Waals surface area contributed by atoms with Crippen LogP contribution in [0.5, 0.6) is 0 Å². The van der Waals surface area contributed by atoms with E-state index in [1.54, 1.807) is 7.05 Å². The van der Waals surface area contributed by atoms with Crippen molar-refractivity contribution in [1.29, 1.82) is 0 Å². The van der Waals surface area contributed by atoms with Crippen LogP contribution in [-0.4, -0.2) is 63.4 Å². The highest BCUT2D eigenvalue weighted by atomic mass is 127. The second kappa shape index (κ2) is 11.1. The molecule has 0 saturated carbocycles. The van der Waals surface area contributed by atoms with Crippen LogP contribution in [0.3, 0.4) is 0 Å². The number of guanidine groups is 1. The van der Waals surface area contributed by atoms with E-state index in [-0.39, 0.29) is 53.9 Å². The first-order chi connectivity index (χ1) is 12.3. The Hall–Kier alpha value is -1.07. The Morgan fingerprint density at radius 3 is 2.67 bits per heavy atom. The maximum atomic E-state index is 12.0. The molecule has 1 amide bonds. The van der Waals surface area contributed by atoms with E-state index in [0.717, 1.165) is 5.56 Å². The Balaban J connectivity index is 0.00000364. The minimum absolute atomic E-state index is 0. The SMILES string of the molecule is CN=C(NCCC(=O)NC1CCS(=O)(=O)C1)N(C)Cc1ccccc1Cl.I. The van der Waals surface area contributed by atoms with E-state index in [9.17, 15) is 13.2 Å². The van der Waals surface area contributed by atoms with Gasteiger partial charge in [0.1, 0.15) is 0 Å². The van der Waals surface area contributed by atoms with E-state index in [2.05, 4.69) is 15.6 Å². The highest BCUT2D eigenvalue weighted by Gasteiger charge is 2.28. The molecule has 10 heteroatoms. The van der Waals surface area contributed by atoms with Gasteiger partial charge in [-0.1, -0.05) is 29.8 Å². The lowest BCUT2D eigenvalue weighted by atomic mass is 10.2. The molecule has 2 N–H and O–H groups in total. The van der Waals surface area contributed by atoms with Crippen molar-refractivity contribution in [1.82, 2.24) is 15.5 Å². The summed E-state index contributed by atoms with van der Waals surface area (Å²) in [5.74, 6) is 0.675. The standard InChI is InChI=1S/C17H25ClN4O3S.HI/c1-19-17(22(2)11-13-5-3-4-6-15(13)18)20-9-7-16(23)21-14-8-10-26(24,25)12-14;/h3-6,14H,7-12H2,1-2H3,(H,19,20)(H,21,23);1H. The van der Waals surface area contributed by atoms with Gasteiger partial charge in [-0.15, -0.1) is 24.0 Å². The van der Waals surface area contributed by atoms with Gasteiger partial charge in [-0.2, -0.15) is 0 Å². The average Bonchev–Trinajstić information content (AvgIpc) is 2.92. The number of carbonyl (C=O) groups is 1. The first kappa shape index (κ1) is 24.0. The fourth-order valence-electron chi connectivity index (χ4n) is 2.84. The van der Waals surface area contributed by atoms with Gasteiger partial charge in [0.2, 0.25) is 5.91 Å². The summed E-state index contributed by atoms with van der Waals surface area (Å²) in [7, 11) is 0.576. The molecule has 1 unspecified atom stereocenters. The van der Waals surface area contributed by atoms with Crippen molar-refractivity contribution < 1.29 is 13.2 Å². The Morgan fingerprint density at radius 2 is 2.07 bits per heavy atom. The van der Waals surface area contributed by atoms with Crippen LogP contribution in [0.25, 0.3) is 0 Å². The van der Waals surface area contributed by atoms with Gasteiger partial charge >= 0.3 is 0 Å². The predicted octanol–water partition coefficient (Wildman–Crippen LogP) is 1.66. The molecule has 1 saturated heterocycles. The molecule has 1 heterocycles. The first-order valence-corrected chi connectivity index (χ1v) is 10.7. The number of hydrogen-bond donors (Lipinski definition) is 2. The third-order valence-electron chi connectivity index (χ3n) is 4.17. The van der Waals surface area contributed by atoms with E-state index >= 15 is 0 Å². The molecule has 1 aromatic rings. The number of amides is 1. The van der Waals surface area contributed by atoms with E-state index in [4.69, 9.17) is 11.6 Å². The topological polar surface area (TPSA) is 90.9 Å². The summed E-state index contributed by atoms with van der Waals surface area (Å²) < 4.78 is 22.8. The van der Waals surface area contributed by atoms with Crippen molar-refractivity contribution in [3.63, 3.8) is 0 Å². The maximum absolute atomic E-state index is 12.0. The summed E-state index contributed by atoms with van der Waals surface area (Å²) in [5, 5.41) is 6.60. The van der Waals surface area contributed by atoms with Crippen LogP contribution < -0.4 is 10.6 Å². The number of sulfone groups is 1. The summed E-state index contributed by atoms with van der Waals surface area (Å²) >= 11 is 6.18. The Labute approximate surface area is 182 Å². The van der Waals surface area contributed by atoms with E-state index in [1.807, 2.05) is 36.2 Å². The van der Waals surface area contributed by atoms with Crippen molar-refractivity contribution in [3.05, 3.63) is 34.9 Å². The van der Waals surface area contributed by atoms with Crippen LogP contribution in [0, 0.1) is 0 Å². The zero-order chi connectivity index (χ0) is 19.2. The van der Waals surface area contributed by atoms with Crippen molar-refractivity contribution in [2.45, 2.75) is 25.4 Å². The Bertz CT molecular complexity index is 773. The molecule has 27 heavy (non-hydrogen) atoms. The highest BCUT2D eigenvalue weighted by molar-refractivity contribution is 14.0. The van der Waals surface area contributed by atoms with Gasteiger partial charge in [-0.05, 0) is 18.1 Å². The molecule has 0 spiro atoms. The zero-order valence-electron chi connectivity index (χ0n) is 15.4. The van der Waals surface area contributed by atoms with Crippen molar-refractivity contribution in [2.24, 2.45) is 4.99 Å². The number of rotatable bonds is 6. The molecular formula is C17H26ClIN4O3S. The lowest BCUT2D eigenvalue weighted by Gasteiger charge is -2.22. The van der Waals surface area contributed by atoms with Crippen LogP contribution in [0.1, 0.15) is 18.4 Å². The maximum Gasteiger partial charge on any atom is 0.222 e. The van der Waals surface area contributed by atoms with E-state index in [1.165, 1.54) is 0 Å². The third kappa shape index (κ3) is 7.82. The average molecular weight is 529 g/mol. The normalized spacial score (nSPS) is 18.5. The summed E-state index contributed by atoms with van der Waals surface area (Å²) in [5.41, 5.74) is 0.986. The monoisotopic (exact) mass is 528 g/mol. The number of nitrogens with one attached hydrogen (secondary N) is 2. The molecule has 1 aliphatic heterocycles. The van der Waals surface area contributed by atoms with Crippen molar-refractivity contribution >= 4 is 57.3 Å². The molecule has 1 aromatic carbocycles. The van der Waals surface area contributed by atoms with Crippen molar-refractivity contribution in [3.8, 4) is 0 Å². The molecule has 1 aliphatic rings. The lowest BCUT2D eigenvalue weighted by Crippen LogP contribution is -2.41. The number of carbonyl (C=O) groups excluding carboxylic acids is 1. The molecule has 0 bridgehead atoms. The molecule has 0 aromatic heterocycles. The molecule has 0 aliphatic carbocycles. The number of hydrogen-bond acceptors (Lipinski definition) is 4. The predicted molar refractivity (Wildman–Crippen MR) is 120 cm³/mol. The first-order valence-electron chi connectivity index (χ1n) is 8.45. The molecule has 1 atom stereocenters. The van der Waals surface area contributed by atoms with Crippen molar-refractivity contribution in [2.75, 3.05) is 32.1 Å². The summed E-state index contributed by atoms with van der Waals surface area (Å²) in [4.78, 5) is 18.1. The molecular weight excluding hydrogens is 503 g/mol. The smallest absolute Gasteiger partial charge is 0.222 e. The Kier molecular flexibility index (Phi) is 9.82. The minimum Gasteiger partial charge on any atom is -0.356 e. The van der Waals surface area contributed by atoms with Gasteiger partial charge in [0.25, 0.3) is 0 Å². The van der Waals surface area contributed by atoms with Crippen LogP contribution in [0.15, 0.2) is 29.3 Å². The molecule has 1 fully saturated rings. The second-order valence-electron chi connectivity index (χ2n) is 6.34. The summed E-state index contributed by atoms with van der Waals surface area (Å²) in [6, 6.07) is 7.34. The molecule has 152 valence electrons. The number of aliphatic imine (C=N–C) groups is 1. The number of nitrogens with zero attached hydrogens (tertiary/aromatic N) is 2. The highest BCUT2D eigenvalue weighted by Crippen LogP contribution is 2.16. The lowest BCUT2D eigenvalue weighted by molar-refractivity contribution is -0.121. The third-order valence-corrected chi connectivity index (χ3v) is 6.31. The van der Waals surface area contributed by atoms with Crippen LogP contribution in [-0.2, 0) is 21.2 Å². The van der Waals surface area contributed by atoms with Gasteiger partial charge in [0, 0.05) is 44.7 Å². The minimum atomic E-state index is -2.99. The second-order valence-corrected chi connectivity index (χ2v) is 8.97. The van der Waals surface area contributed by atoms with E-state index < -0.39 is 9.84 Å². The van der Waals surface area contributed by atoms with Crippen LogP contribution >= 0.6 is 35.6 Å². The molecule has 7 nitrogen and oxygen atoms in total. The van der Waals surface area contributed by atoms with E-state index in [0.29, 0.717) is 30.5 Å². The summed E-state index contributed by atoms with van der Waals surface area (Å²) in [6.07, 6.45) is 0.735. The molecule has 2 rings (SSSR count). The fourth-order valence-corrected chi connectivity index (χ4v) is 4.71. The van der Waals surface area contributed by atoms with Crippen LogP contribution in [0.2, 0.25) is 5.02 Å². The fraction of sp³-hybridized carbons (Fsp3) is 0.529. The van der Waals surface area contributed by atoms with Gasteiger partial charge in [0.05, 0.1) is 11.5 Å². The van der Waals surface area contributed by atoms with Gasteiger partial charge in [-0.3, -0.25) is 9.79 Å².